The van der Waals surface area contributed by atoms with Crippen LogP contribution in [0.4, 0.5) is 4.39 Å². The van der Waals surface area contributed by atoms with Crippen LogP contribution in [0.5, 0.6) is 0 Å². The molecule has 1 heterocycles. The number of benzene rings is 2. The quantitative estimate of drug-likeness (QED) is 0.845. The van der Waals surface area contributed by atoms with Crippen molar-refractivity contribution < 1.29 is 17.4 Å². The van der Waals surface area contributed by atoms with E-state index in [1.54, 1.807) is 18.2 Å². The van der Waals surface area contributed by atoms with E-state index in [9.17, 15) is 12.8 Å². The van der Waals surface area contributed by atoms with E-state index in [4.69, 9.17) is 4.55 Å². The molecular formula is C17H20FNO3S. The largest absolute Gasteiger partial charge is 0.316 e. The van der Waals surface area contributed by atoms with Crippen LogP contribution in [0.25, 0.3) is 0 Å². The molecule has 2 aromatic carbocycles. The van der Waals surface area contributed by atoms with Crippen molar-refractivity contribution in [1.82, 2.24) is 5.32 Å². The molecule has 23 heavy (non-hydrogen) atoms. The van der Waals surface area contributed by atoms with Crippen LogP contribution in [0.2, 0.25) is 0 Å². The zero-order valence-corrected chi connectivity index (χ0v) is 13.7. The monoisotopic (exact) mass is 337 g/mol. The second kappa shape index (κ2) is 7.68. The standard InChI is InChI=1S/C10H12FN.C7H8O3S/c11-10-4-2-1-3-9(10)5-8-6-12-7-8;1-6-2-4-7(5-3-6)11(8,9)10/h1-4,8,12H,5-7H2;2-5H,1H3,(H,8,9,10). The van der Waals surface area contributed by atoms with Crippen molar-refractivity contribution in [1.29, 1.82) is 0 Å². The minimum absolute atomic E-state index is 0.0654. The third kappa shape index (κ3) is 5.42. The molecule has 2 N–H and O–H groups in total. The lowest BCUT2D eigenvalue weighted by Crippen LogP contribution is -2.43. The Morgan fingerprint density at radius 3 is 2.22 bits per heavy atom. The molecule has 0 amide bonds. The average Bonchev–Trinajstić information content (AvgIpc) is 2.45. The van der Waals surface area contributed by atoms with Crippen LogP contribution in [-0.2, 0) is 16.5 Å². The first-order valence-corrected chi connectivity index (χ1v) is 8.78. The zero-order valence-electron chi connectivity index (χ0n) is 12.9. The summed E-state index contributed by atoms with van der Waals surface area (Å²) in [6.45, 7) is 3.91. The highest BCUT2D eigenvalue weighted by Gasteiger charge is 2.18. The van der Waals surface area contributed by atoms with Crippen LogP contribution in [0.1, 0.15) is 11.1 Å². The second-order valence-electron chi connectivity index (χ2n) is 5.61. The highest BCUT2D eigenvalue weighted by molar-refractivity contribution is 7.85. The molecule has 1 saturated heterocycles. The van der Waals surface area contributed by atoms with E-state index < -0.39 is 10.1 Å². The summed E-state index contributed by atoms with van der Waals surface area (Å²) in [5.41, 5.74) is 1.81. The fraction of sp³-hybridized carbons (Fsp3) is 0.294. The maximum Gasteiger partial charge on any atom is 0.294 e. The highest BCUT2D eigenvalue weighted by Crippen LogP contribution is 2.15. The van der Waals surface area contributed by atoms with Crippen LogP contribution in [0, 0.1) is 18.7 Å². The summed E-state index contributed by atoms with van der Waals surface area (Å²) in [6.07, 6.45) is 0.875. The Labute approximate surface area is 136 Å². The molecule has 3 rings (SSSR count). The number of hydrogen-bond acceptors (Lipinski definition) is 3. The van der Waals surface area contributed by atoms with E-state index in [2.05, 4.69) is 5.32 Å². The number of hydrogen-bond donors (Lipinski definition) is 2. The topological polar surface area (TPSA) is 66.4 Å². The molecule has 2 aromatic rings. The number of halogens is 1. The Bertz CT molecular complexity index is 741. The lowest BCUT2D eigenvalue weighted by molar-refractivity contribution is 0.343. The third-order valence-electron chi connectivity index (χ3n) is 3.65. The summed E-state index contributed by atoms with van der Waals surface area (Å²) in [6, 6.07) is 13.0. The first kappa shape index (κ1) is 17.6. The Balaban J connectivity index is 0.000000168. The predicted octanol–water partition coefficient (Wildman–Crippen LogP) is 2.83. The summed E-state index contributed by atoms with van der Waals surface area (Å²) in [4.78, 5) is -0.0666. The molecule has 0 aliphatic carbocycles. The van der Waals surface area contributed by atoms with E-state index in [0.717, 1.165) is 30.6 Å². The van der Waals surface area contributed by atoms with Gasteiger partial charge in [-0.2, -0.15) is 8.42 Å². The molecular weight excluding hydrogens is 317 g/mol. The molecule has 0 radical (unpaired) electrons. The second-order valence-corrected chi connectivity index (χ2v) is 7.03. The average molecular weight is 337 g/mol. The lowest BCUT2D eigenvalue weighted by atomic mass is 9.94. The van der Waals surface area contributed by atoms with Gasteiger partial charge in [-0.25, -0.2) is 4.39 Å². The van der Waals surface area contributed by atoms with E-state index in [-0.39, 0.29) is 10.7 Å². The molecule has 0 aromatic heterocycles. The van der Waals surface area contributed by atoms with Crippen molar-refractivity contribution >= 4 is 10.1 Å². The zero-order chi connectivity index (χ0) is 16.9. The minimum atomic E-state index is -4.02. The maximum atomic E-state index is 13.1. The van der Waals surface area contributed by atoms with E-state index in [1.807, 2.05) is 19.1 Å². The molecule has 0 unspecified atom stereocenters. The van der Waals surface area contributed by atoms with Gasteiger partial charge in [0, 0.05) is 0 Å². The van der Waals surface area contributed by atoms with Gasteiger partial charge in [0.05, 0.1) is 4.90 Å². The summed E-state index contributed by atoms with van der Waals surface area (Å²) in [7, 11) is -4.02. The van der Waals surface area contributed by atoms with Gasteiger partial charge in [0.15, 0.2) is 0 Å². The van der Waals surface area contributed by atoms with Crippen molar-refractivity contribution in [2.45, 2.75) is 18.2 Å². The van der Waals surface area contributed by atoms with Gasteiger partial charge in [0.25, 0.3) is 10.1 Å². The van der Waals surface area contributed by atoms with Crippen LogP contribution in [0.15, 0.2) is 53.4 Å². The summed E-state index contributed by atoms with van der Waals surface area (Å²) < 4.78 is 42.6. The van der Waals surface area contributed by atoms with Crippen molar-refractivity contribution in [2.24, 2.45) is 5.92 Å². The number of nitrogens with one attached hydrogen (secondary N) is 1. The van der Waals surface area contributed by atoms with Gasteiger partial charge in [0.2, 0.25) is 0 Å². The number of rotatable bonds is 3. The third-order valence-corrected chi connectivity index (χ3v) is 4.52. The molecule has 6 heteroatoms. The number of aryl methyl sites for hydroxylation is 1. The van der Waals surface area contributed by atoms with Gasteiger partial charge >= 0.3 is 0 Å². The van der Waals surface area contributed by atoms with Crippen LogP contribution >= 0.6 is 0 Å². The molecule has 0 spiro atoms. The highest BCUT2D eigenvalue weighted by atomic mass is 32.2. The molecule has 0 bridgehead atoms. The van der Waals surface area contributed by atoms with Crippen LogP contribution in [0.3, 0.4) is 0 Å². The van der Waals surface area contributed by atoms with E-state index in [1.165, 1.54) is 18.2 Å². The lowest BCUT2D eigenvalue weighted by Gasteiger charge is -2.27. The van der Waals surface area contributed by atoms with Gasteiger partial charge < -0.3 is 5.32 Å². The molecule has 1 fully saturated rings. The van der Waals surface area contributed by atoms with Crippen LogP contribution in [-0.4, -0.2) is 26.1 Å². The summed E-state index contributed by atoms with van der Waals surface area (Å²) >= 11 is 0. The van der Waals surface area contributed by atoms with E-state index >= 15 is 0 Å². The van der Waals surface area contributed by atoms with Crippen LogP contribution < -0.4 is 5.32 Å². The van der Waals surface area contributed by atoms with Gasteiger partial charge in [0.1, 0.15) is 5.82 Å². The Morgan fingerprint density at radius 2 is 1.74 bits per heavy atom. The normalized spacial score (nSPS) is 14.6. The SMILES string of the molecule is Cc1ccc(S(=O)(=O)O)cc1.Fc1ccccc1CC1CNC1. The Morgan fingerprint density at radius 1 is 1.13 bits per heavy atom. The summed E-state index contributed by atoms with van der Waals surface area (Å²) in [5, 5.41) is 3.18. The first-order valence-electron chi connectivity index (χ1n) is 7.34. The fourth-order valence-corrected chi connectivity index (χ4v) is 2.66. The molecule has 4 nitrogen and oxygen atoms in total. The smallest absolute Gasteiger partial charge is 0.294 e. The van der Waals surface area contributed by atoms with Crippen molar-refractivity contribution in [3.05, 3.63) is 65.5 Å². The Kier molecular flexibility index (Phi) is 5.87. The van der Waals surface area contributed by atoms with Gasteiger partial charge in [-0.15, -0.1) is 0 Å². The van der Waals surface area contributed by atoms with Crippen molar-refractivity contribution in [3.8, 4) is 0 Å². The van der Waals surface area contributed by atoms with E-state index in [0.29, 0.717) is 5.92 Å². The fourth-order valence-electron chi connectivity index (χ4n) is 2.18. The van der Waals surface area contributed by atoms with Gasteiger partial charge in [-0.1, -0.05) is 35.9 Å². The predicted molar refractivity (Wildman–Crippen MR) is 87.5 cm³/mol. The first-order chi connectivity index (χ1) is 10.9. The maximum absolute atomic E-state index is 13.1. The van der Waals surface area contributed by atoms with Gasteiger partial charge in [-0.05, 0) is 56.1 Å². The summed E-state index contributed by atoms with van der Waals surface area (Å²) in [5.74, 6) is 0.575. The van der Waals surface area contributed by atoms with Gasteiger partial charge in [-0.3, -0.25) is 4.55 Å². The molecule has 0 saturated carbocycles. The van der Waals surface area contributed by atoms with Crippen molar-refractivity contribution in [3.63, 3.8) is 0 Å². The molecule has 1 aliphatic heterocycles. The van der Waals surface area contributed by atoms with Crippen molar-refractivity contribution in [2.75, 3.05) is 13.1 Å². The molecule has 124 valence electrons. The minimum Gasteiger partial charge on any atom is -0.316 e. The molecule has 1 aliphatic rings. The Hall–Kier alpha value is -1.76. The molecule has 0 atom stereocenters.